The van der Waals surface area contributed by atoms with Gasteiger partial charge in [0.2, 0.25) is 10.0 Å². The molecule has 6 nitrogen and oxygen atoms in total. The van der Waals surface area contributed by atoms with Gasteiger partial charge >= 0.3 is 0 Å². The minimum Gasteiger partial charge on any atom is -0.307 e. The molecule has 1 aromatic heterocycles. The maximum atomic E-state index is 12.8. The van der Waals surface area contributed by atoms with Gasteiger partial charge in [-0.2, -0.15) is 4.31 Å². The minimum atomic E-state index is -3.51. The summed E-state index contributed by atoms with van der Waals surface area (Å²) in [4.78, 5) is 16.8. The van der Waals surface area contributed by atoms with E-state index >= 15 is 0 Å². The Morgan fingerprint density at radius 2 is 1.92 bits per heavy atom. The Morgan fingerprint density at radius 1 is 1.19 bits per heavy atom. The molecule has 1 aliphatic rings. The Kier molecular flexibility index (Phi) is 5.38. The van der Waals surface area contributed by atoms with Gasteiger partial charge in [-0.15, -0.1) is 0 Å². The van der Waals surface area contributed by atoms with Gasteiger partial charge in [-0.3, -0.25) is 4.79 Å². The predicted molar refractivity (Wildman–Crippen MR) is 101 cm³/mol. The molecule has 0 bridgehead atoms. The lowest BCUT2D eigenvalue weighted by atomic mass is 10.0. The summed E-state index contributed by atoms with van der Waals surface area (Å²) in [6.07, 6.45) is 1.93. The normalized spacial score (nSPS) is 18.5. The van der Waals surface area contributed by atoms with E-state index in [1.54, 1.807) is 6.07 Å². The average molecular weight is 373 g/mol. The third-order valence-corrected chi connectivity index (χ3v) is 6.38. The topological polar surface area (TPSA) is 79.4 Å². The molecule has 2 aromatic rings. The lowest BCUT2D eigenvalue weighted by Crippen LogP contribution is -2.39. The molecule has 3 rings (SSSR count). The van der Waals surface area contributed by atoms with Crippen molar-refractivity contribution >= 4 is 21.7 Å². The molecule has 0 saturated carbocycles. The van der Waals surface area contributed by atoms with E-state index in [1.807, 2.05) is 19.1 Å². The summed E-state index contributed by atoms with van der Waals surface area (Å²) in [6, 6.07) is 11.4. The number of carbonyl (C=O) groups excluding carboxylic acids is 1. The Morgan fingerprint density at radius 3 is 2.58 bits per heavy atom. The van der Waals surface area contributed by atoms with Crippen molar-refractivity contribution in [2.45, 2.75) is 31.6 Å². The Balaban J connectivity index is 1.74. The molecule has 1 saturated heterocycles. The number of nitrogens with one attached hydrogen (secondary N) is 1. The fraction of sp³-hybridized carbons (Fsp3) is 0.368. The number of pyridine rings is 1. The molecule has 0 aliphatic carbocycles. The standard InChI is InChI=1S/C19H23N3O3S/c1-14-5-4-12-22(13-14)26(24,25)17-10-8-16(9-11-17)19(23)21-18-7-3-6-15(2)20-18/h3,6-11,14H,4-5,12-13H2,1-2H3,(H,20,21,23). The fourth-order valence-electron chi connectivity index (χ4n) is 3.09. The van der Waals surface area contributed by atoms with E-state index < -0.39 is 10.0 Å². The van der Waals surface area contributed by atoms with Crippen LogP contribution in [0.4, 0.5) is 5.82 Å². The zero-order valence-electron chi connectivity index (χ0n) is 15.0. The van der Waals surface area contributed by atoms with E-state index in [9.17, 15) is 13.2 Å². The van der Waals surface area contributed by atoms with E-state index in [-0.39, 0.29) is 10.8 Å². The maximum absolute atomic E-state index is 12.8. The van der Waals surface area contributed by atoms with Crippen molar-refractivity contribution in [3.63, 3.8) is 0 Å². The van der Waals surface area contributed by atoms with Crippen LogP contribution in [0.2, 0.25) is 0 Å². The molecule has 138 valence electrons. The number of amides is 1. The zero-order valence-corrected chi connectivity index (χ0v) is 15.8. The smallest absolute Gasteiger partial charge is 0.256 e. The first-order chi connectivity index (χ1) is 12.4. The summed E-state index contributed by atoms with van der Waals surface area (Å²) in [5.41, 5.74) is 1.19. The molecule has 26 heavy (non-hydrogen) atoms. The van der Waals surface area contributed by atoms with Crippen LogP contribution in [0, 0.1) is 12.8 Å². The van der Waals surface area contributed by atoms with E-state index in [0.717, 1.165) is 18.5 Å². The van der Waals surface area contributed by atoms with Crippen LogP contribution < -0.4 is 5.32 Å². The molecule has 1 fully saturated rings. The molecular weight excluding hydrogens is 350 g/mol. The van der Waals surface area contributed by atoms with Crippen molar-refractivity contribution in [1.82, 2.24) is 9.29 Å². The van der Waals surface area contributed by atoms with Gasteiger partial charge in [0.15, 0.2) is 0 Å². The number of rotatable bonds is 4. The van der Waals surface area contributed by atoms with Crippen LogP contribution in [-0.2, 0) is 10.0 Å². The summed E-state index contributed by atoms with van der Waals surface area (Å²) in [6.45, 7) is 5.00. The number of nitrogens with zero attached hydrogens (tertiary/aromatic N) is 2. The summed E-state index contributed by atoms with van der Waals surface area (Å²) >= 11 is 0. The summed E-state index contributed by atoms with van der Waals surface area (Å²) < 4.78 is 27.1. The van der Waals surface area contributed by atoms with Crippen LogP contribution in [0.3, 0.4) is 0 Å². The first-order valence-corrected chi connectivity index (χ1v) is 10.2. The van der Waals surface area contributed by atoms with Crippen molar-refractivity contribution in [3.8, 4) is 0 Å². The first-order valence-electron chi connectivity index (χ1n) is 8.71. The number of hydrogen-bond donors (Lipinski definition) is 1. The van der Waals surface area contributed by atoms with Crippen molar-refractivity contribution in [2.75, 3.05) is 18.4 Å². The van der Waals surface area contributed by atoms with E-state index in [2.05, 4.69) is 17.2 Å². The van der Waals surface area contributed by atoms with E-state index in [1.165, 1.54) is 28.6 Å². The number of hydrogen-bond acceptors (Lipinski definition) is 4. The zero-order chi connectivity index (χ0) is 18.7. The van der Waals surface area contributed by atoms with E-state index in [0.29, 0.717) is 30.4 Å². The molecule has 7 heteroatoms. The number of aryl methyl sites for hydroxylation is 1. The third-order valence-electron chi connectivity index (χ3n) is 4.50. The van der Waals surface area contributed by atoms with Crippen LogP contribution in [0.25, 0.3) is 0 Å². The largest absolute Gasteiger partial charge is 0.307 e. The molecule has 1 aliphatic heterocycles. The highest BCUT2D eigenvalue weighted by molar-refractivity contribution is 7.89. The number of benzene rings is 1. The molecule has 1 N–H and O–H groups in total. The van der Waals surface area contributed by atoms with Gasteiger partial charge in [-0.25, -0.2) is 13.4 Å². The van der Waals surface area contributed by atoms with Crippen molar-refractivity contribution in [2.24, 2.45) is 5.92 Å². The van der Waals surface area contributed by atoms with E-state index in [4.69, 9.17) is 0 Å². The second-order valence-electron chi connectivity index (χ2n) is 6.75. The van der Waals surface area contributed by atoms with Gasteiger partial charge in [0.25, 0.3) is 5.91 Å². The predicted octanol–water partition coefficient (Wildman–Crippen LogP) is 3.06. The Hall–Kier alpha value is -2.25. The number of carbonyl (C=O) groups is 1. The molecule has 2 heterocycles. The second kappa shape index (κ2) is 7.55. The number of piperidine rings is 1. The monoisotopic (exact) mass is 373 g/mol. The quantitative estimate of drug-likeness (QED) is 0.893. The summed E-state index contributed by atoms with van der Waals surface area (Å²) in [5.74, 6) is 0.512. The number of aromatic nitrogens is 1. The minimum absolute atomic E-state index is 0.219. The summed E-state index contributed by atoms with van der Waals surface area (Å²) in [7, 11) is -3.51. The molecule has 1 unspecified atom stereocenters. The van der Waals surface area contributed by atoms with Gasteiger partial charge in [-0.1, -0.05) is 13.0 Å². The molecule has 1 amide bonds. The average Bonchev–Trinajstić information content (AvgIpc) is 2.62. The molecule has 0 spiro atoms. The highest BCUT2D eigenvalue weighted by Gasteiger charge is 2.28. The SMILES string of the molecule is Cc1cccc(NC(=O)c2ccc(S(=O)(=O)N3CCCC(C)C3)cc2)n1. The van der Waals surface area contributed by atoms with Gasteiger partial charge in [0, 0.05) is 24.3 Å². The second-order valence-corrected chi connectivity index (χ2v) is 8.69. The summed E-state index contributed by atoms with van der Waals surface area (Å²) in [5, 5.41) is 2.72. The fourth-order valence-corrected chi connectivity index (χ4v) is 4.69. The molecule has 0 radical (unpaired) electrons. The van der Waals surface area contributed by atoms with Crippen LogP contribution in [0.5, 0.6) is 0 Å². The lowest BCUT2D eigenvalue weighted by molar-refractivity contribution is 0.102. The van der Waals surface area contributed by atoms with Gasteiger partial charge in [-0.05, 0) is 62.1 Å². The highest BCUT2D eigenvalue weighted by Crippen LogP contribution is 2.23. The van der Waals surface area contributed by atoms with Crippen LogP contribution in [0.15, 0.2) is 47.4 Å². The Bertz CT molecular complexity index is 895. The lowest BCUT2D eigenvalue weighted by Gasteiger charge is -2.30. The third kappa shape index (κ3) is 4.11. The van der Waals surface area contributed by atoms with Gasteiger partial charge in [0.05, 0.1) is 4.90 Å². The molecular formula is C19H23N3O3S. The van der Waals surface area contributed by atoms with Crippen molar-refractivity contribution in [1.29, 1.82) is 0 Å². The Labute approximate surface area is 154 Å². The maximum Gasteiger partial charge on any atom is 0.256 e. The number of anilines is 1. The molecule has 1 aromatic carbocycles. The van der Waals surface area contributed by atoms with Gasteiger partial charge in [0.1, 0.15) is 5.82 Å². The van der Waals surface area contributed by atoms with Crippen LogP contribution >= 0.6 is 0 Å². The van der Waals surface area contributed by atoms with Crippen LogP contribution in [-0.4, -0.2) is 36.7 Å². The molecule has 1 atom stereocenters. The number of sulfonamides is 1. The van der Waals surface area contributed by atoms with Gasteiger partial charge < -0.3 is 5.32 Å². The van der Waals surface area contributed by atoms with Crippen LogP contribution in [0.1, 0.15) is 35.8 Å². The highest BCUT2D eigenvalue weighted by atomic mass is 32.2. The van der Waals surface area contributed by atoms with Crippen molar-refractivity contribution < 1.29 is 13.2 Å². The van der Waals surface area contributed by atoms with Crippen molar-refractivity contribution in [3.05, 3.63) is 53.7 Å². The first kappa shape index (κ1) is 18.5.